The topological polar surface area (TPSA) is 92.2 Å². The molecule has 1 aliphatic rings. The van der Waals surface area contributed by atoms with Crippen LogP contribution < -0.4 is 5.32 Å². The highest BCUT2D eigenvalue weighted by atomic mass is 16.4. The molecule has 6 heteroatoms. The number of hydrogen-bond donors (Lipinski definition) is 2. The summed E-state index contributed by atoms with van der Waals surface area (Å²) in [6.07, 6.45) is 2.59. The molecule has 1 aromatic heterocycles. The van der Waals surface area contributed by atoms with Crippen molar-refractivity contribution >= 4 is 17.7 Å². The van der Waals surface area contributed by atoms with Crippen molar-refractivity contribution in [2.24, 2.45) is 0 Å². The first-order chi connectivity index (χ1) is 6.20. The van der Waals surface area contributed by atoms with Crippen LogP contribution in [-0.2, 0) is 9.59 Å². The molecule has 0 spiro atoms. The van der Waals surface area contributed by atoms with E-state index in [1.54, 1.807) is 0 Å². The standard InChI is InChI=1S/C7H5N3O3/c11-6-4(7(12)13)3-1-8-2-9-5(3)10-6/h1-2,4H,(H,12,13)(H,8,9,10,11). The smallest absolute Gasteiger partial charge is 0.320 e. The molecule has 1 aliphatic heterocycles. The van der Waals surface area contributed by atoms with Crippen molar-refractivity contribution < 1.29 is 14.7 Å². The van der Waals surface area contributed by atoms with Crippen molar-refractivity contribution in [3.8, 4) is 0 Å². The van der Waals surface area contributed by atoms with Gasteiger partial charge in [0.05, 0.1) is 0 Å². The number of rotatable bonds is 1. The van der Waals surface area contributed by atoms with E-state index in [9.17, 15) is 9.59 Å². The Bertz CT molecular complexity index is 390. The SMILES string of the molecule is O=C(O)C1C(=O)Nc2ncncc21. The predicted octanol–water partition coefficient (Wildman–Crippen LogP) is -0.403. The van der Waals surface area contributed by atoms with Gasteiger partial charge in [0.2, 0.25) is 5.91 Å². The third-order valence-corrected chi connectivity index (χ3v) is 1.80. The van der Waals surface area contributed by atoms with Crippen LogP contribution in [0.2, 0.25) is 0 Å². The van der Waals surface area contributed by atoms with Crippen LogP contribution in [0.25, 0.3) is 0 Å². The maximum atomic E-state index is 11.1. The zero-order valence-electron chi connectivity index (χ0n) is 6.39. The second kappa shape index (κ2) is 2.51. The van der Waals surface area contributed by atoms with Crippen LogP contribution >= 0.6 is 0 Å². The lowest BCUT2D eigenvalue weighted by atomic mass is 10.1. The van der Waals surface area contributed by atoms with Gasteiger partial charge < -0.3 is 10.4 Å². The molecule has 66 valence electrons. The minimum Gasteiger partial charge on any atom is -0.480 e. The molecule has 6 nitrogen and oxygen atoms in total. The van der Waals surface area contributed by atoms with Gasteiger partial charge in [-0.25, -0.2) is 9.97 Å². The van der Waals surface area contributed by atoms with Gasteiger partial charge in [0.15, 0.2) is 5.92 Å². The Kier molecular flexibility index (Phi) is 1.48. The van der Waals surface area contributed by atoms with Gasteiger partial charge >= 0.3 is 5.97 Å². The van der Waals surface area contributed by atoms with Crippen LogP contribution in [-0.4, -0.2) is 27.0 Å². The second-order valence-corrected chi connectivity index (χ2v) is 2.59. The second-order valence-electron chi connectivity index (χ2n) is 2.59. The average molecular weight is 179 g/mol. The summed E-state index contributed by atoms with van der Waals surface area (Å²) >= 11 is 0. The van der Waals surface area contributed by atoms with E-state index in [0.29, 0.717) is 5.56 Å². The number of nitrogens with zero attached hydrogens (tertiary/aromatic N) is 2. The Morgan fingerprint density at radius 2 is 2.38 bits per heavy atom. The Morgan fingerprint density at radius 3 is 3.08 bits per heavy atom. The van der Waals surface area contributed by atoms with Crippen LogP contribution in [0.3, 0.4) is 0 Å². The third-order valence-electron chi connectivity index (χ3n) is 1.80. The number of carbonyl (C=O) groups excluding carboxylic acids is 1. The maximum Gasteiger partial charge on any atom is 0.320 e. The van der Waals surface area contributed by atoms with Crippen LogP contribution in [0.1, 0.15) is 11.5 Å². The van der Waals surface area contributed by atoms with E-state index in [1.807, 2.05) is 0 Å². The zero-order valence-corrected chi connectivity index (χ0v) is 6.39. The third kappa shape index (κ3) is 1.03. The zero-order chi connectivity index (χ0) is 9.42. The number of fused-ring (bicyclic) bond motifs is 1. The summed E-state index contributed by atoms with van der Waals surface area (Å²) in [5, 5.41) is 11.1. The molecule has 2 heterocycles. The van der Waals surface area contributed by atoms with Crippen LogP contribution in [0.15, 0.2) is 12.5 Å². The normalized spacial score (nSPS) is 19.4. The predicted molar refractivity (Wildman–Crippen MR) is 41.0 cm³/mol. The molecular weight excluding hydrogens is 174 g/mol. The first kappa shape index (κ1) is 7.66. The molecule has 0 bridgehead atoms. The van der Waals surface area contributed by atoms with Gasteiger partial charge in [-0.2, -0.15) is 0 Å². The Hall–Kier alpha value is -1.98. The van der Waals surface area contributed by atoms with Gasteiger partial charge in [0.25, 0.3) is 0 Å². The molecule has 2 N–H and O–H groups in total. The van der Waals surface area contributed by atoms with Crippen LogP contribution in [0, 0.1) is 0 Å². The highest BCUT2D eigenvalue weighted by Crippen LogP contribution is 2.29. The van der Waals surface area contributed by atoms with E-state index < -0.39 is 17.8 Å². The quantitative estimate of drug-likeness (QED) is 0.572. The molecule has 1 aromatic rings. The summed E-state index contributed by atoms with van der Waals surface area (Å²) in [4.78, 5) is 29.2. The van der Waals surface area contributed by atoms with Crippen molar-refractivity contribution in [1.82, 2.24) is 9.97 Å². The molecule has 0 aliphatic carbocycles. The minimum absolute atomic E-state index is 0.285. The molecule has 0 saturated heterocycles. The number of hydrogen-bond acceptors (Lipinski definition) is 4. The molecular formula is C7H5N3O3. The largest absolute Gasteiger partial charge is 0.480 e. The van der Waals surface area contributed by atoms with Gasteiger partial charge in [-0.15, -0.1) is 0 Å². The van der Waals surface area contributed by atoms with Crippen LogP contribution in [0.5, 0.6) is 0 Å². The summed E-state index contributed by atoms with van der Waals surface area (Å²) < 4.78 is 0. The first-order valence-electron chi connectivity index (χ1n) is 3.53. The minimum atomic E-state index is -1.19. The van der Waals surface area contributed by atoms with Crippen molar-refractivity contribution in [2.75, 3.05) is 5.32 Å². The van der Waals surface area contributed by atoms with Crippen molar-refractivity contribution in [1.29, 1.82) is 0 Å². The lowest BCUT2D eigenvalue weighted by Crippen LogP contribution is -2.20. The summed E-state index contributed by atoms with van der Waals surface area (Å²) in [5.74, 6) is -2.64. The molecule has 2 rings (SSSR count). The van der Waals surface area contributed by atoms with E-state index in [4.69, 9.17) is 5.11 Å². The Morgan fingerprint density at radius 1 is 1.62 bits per heavy atom. The number of amides is 1. The molecule has 0 saturated carbocycles. The number of carboxylic acid groups (broad SMARTS) is 1. The van der Waals surface area contributed by atoms with Gasteiger partial charge in [0, 0.05) is 11.8 Å². The number of aromatic nitrogens is 2. The van der Waals surface area contributed by atoms with Crippen molar-refractivity contribution in [3.05, 3.63) is 18.1 Å². The number of carbonyl (C=O) groups is 2. The van der Waals surface area contributed by atoms with E-state index in [1.165, 1.54) is 12.5 Å². The number of nitrogens with one attached hydrogen (secondary N) is 1. The molecule has 0 aromatic carbocycles. The summed E-state index contributed by atoms with van der Waals surface area (Å²) in [7, 11) is 0. The summed E-state index contributed by atoms with van der Waals surface area (Å²) in [6.45, 7) is 0. The molecule has 1 unspecified atom stereocenters. The van der Waals surface area contributed by atoms with Gasteiger partial charge in [-0.05, 0) is 0 Å². The van der Waals surface area contributed by atoms with Gasteiger partial charge in [0.1, 0.15) is 12.1 Å². The molecule has 1 atom stereocenters. The Balaban J connectivity index is 2.52. The molecule has 0 fully saturated rings. The fourth-order valence-electron chi connectivity index (χ4n) is 1.23. The average Bonchev–Trinajstić information content (AvgIpc) is 2.39. The molecule has 1 amide bonds. The highest BCUT2D eigenvalue weighted by molar-refractivity contribution is 6.13. The first-order valence-corrected chi connectivity index (χ1v) is 3.53. The number of carboxylic acids is 1. The fraction of sp³-hybridized carbons (Fsp3) is 0.143. The molecule has 13 heavy (non-hydrogen) atoms. The van der Waals surface area contributed by atoms with E-state index in [0.717, 1.165) is 0 Å². The van der Waals surface area contributed by atoms with E-state index >= 15 is 0 Å². The number of aliphatic carboxylic acids is 1. The maximum absolute atomic E-state index is 11.1. The van der Waals surface area contributed by atoms with Crippen molar-refractivity contribution in [2.45, 2.75) is 5.92 Å². The highest BCUT2D eigenvalue weighted by Gasteiger charge is 2.37. The summed E-state index contributed by atoms with van der Waals surface area (Å²) in [5.41, 5.74) is 0.319. The monoisotopic (exact) mass is 179 g/mol. The van der Waals surface area contributed by atoms with Crippen LogP contribution in [0.4, 0.5) is 5.82 Å². The summed E-state index contributed by atoms with van der Waals surface area (Å²) in [6, 6.07) is 0. The molecule has 0 radical (unpaired) electrons. The van der Waals surface area contributed by atoms with Gasteiger partial charge in [-0.1, -0.05) is 0 Å². The van der Waals surface area contributed by atoms with E-state index in [2.05, 4.69) is 15.3 Å². The number of anilines is 1. The lowest BCUT2D eigenvalue weighted by molar-refractivity contribution is -0.141. The lowest BCUT2D eigenvalue weighted by Gasteiger charge is -1.98. The van der Waals surface area contributed by atoms with E-state index in [-0.39, 0.29) is 5.82 Å². The van der Waals surface area contributed by atoms with Gasteiger partial charge in [-0.3, -0.25) is 9.59 Å². The van der Waals surface area contributed by atoms with Crippen molar-refractivity contribution in [3.63, 3.8) is 0 Å². The Labute approximate surface area is 72.6 Å². The fourth-order valence-corrected chi connectivity index (χ4v) is 1.23.